The highest BCUT2D eigenvalue weighted by atomic mass is 16.2. The summed E-state index contributed by atoms with van der Waals surface area (Å²) in [6.07, 6.45) is 2.96. The van der Waals surface area contributed by atoms with Crippen molar-refractivity contribution in [3.8, 4) is 6.07 Å². The average molecular weight is 256 g/mol. The molecular formula is C16H20N2O. The summed E-state index contributed by atoms with van der Waals surface area (Å²) < 4.78 is 0. The summed E-state index contributed by atoms with van der Waals surface area (Å²) in [4.78, 5) is 14.2. The minimum atomic E-state index is -0.555. The van der Waals surface area contributed by atoms with Crippen LogP contribution in [0, 0.1) is 23.2 Å². The predicted octanol–water partition coefficient (Wildman–Crippen LogP) is 2.63. The van der Waals surface area contributed by atoms with Gasteiger partial charge in [-0.15, -0.1) is 0 Å². The lowest BCUT2D eigenvalue weighted by Gasteiger charge is -2.23. The van der Waals surface area contributed by atoms with Crippen molar-refractivity contribution in [3.05, 3.63) is 35.9 Å². The summed E-state index contributed by atoms with van der Waals surface area (Å²) in [5, 5.41) is 9.25. The van der Waals surface area contributed by atoms with Crippen LogP contribution in [-0.4, -0.2) is 23.9 Å². The van der Waals surface area contributed by atoms with Crippen molar-refractivity contribution < 1.29 is 4.79 Å². The highest BCUT2D eigenvalue weighted by Gasteiger charge is 2.29. The van der Waals surface area contributed by atoms with E-state index in [1.54, 1.807) is 0 Å². The molecule has 1 aromatic rings. The molecule has 100 valence electrons. The van der Waals surface area contributed by atoms with Crippen LogP contribution in [0.1, 0.15) is 25.3 Å². The third-order valence-corrected chi connectivity index (χ3v) is 3.61. The summed E-state index contributed by atoms with van der Waals surface area (Å²) in [6, 6.07) is 11.9. The molecule has 0 radical (unpaired) electrons. The second-order valence-electron chi connectivity index (χ2n) is 5.19. The number of carbonyl (C=O) groups excluding carboxylic acids is 1. The van der Waals surface area contributed by atoms with Crippen LogP contribution in [-0.2, 0) is 11.2 Å². The molecule has 0 spiro atoms. The first-order chi connectivity index (χ1) is 9.24. The van der Waals surface area contributed by atoms with E-state index in [2.05, 4.69) is 6.07 Å². The third kappa shape index (κ3) is 3.82. The molecule has 0 bridgehead atoms. The summed E-state index contributed by atoms with van der Waals surface area (Å²) in [7, 11) is 0. The molecule has 0 aliphatic heterocycles. The van der Waals surface area contributed by atoms with Gasteiger partial charge in [-0.1, -0.05) is 30.3 Å². The zero-order chi connectivity index (χ0) is 13.7. The smallest absolute Gasteiger partial charge is 0.240 e. The first-order valence-electron chi connectivity index (χ1n) is 6.97. The molecule has 0 N–H and O–H groups in total. The maximum Gasteiger partial charge on any atom is 0.240 e. The van der Waals surface area contributed by atoms with Crippen molar-refractivity contribution in [3.63, 3.8) is 0 Å². The fourth-order valence-electron chi connectivity index (χ4n) is 2.25. The van der Waals surface area contributed by atoms with Gasteiger partial charge < -0.3 is 4.90 Å². The minimum Gasteiger partial charge on any atom is -0.342 e. The van der Waals surface area contributed by atoms with E-state index in [4.69, 9.17) is 0 Å². The Hall–Kier alpha value is -1.82. The standard InChI is InChI=1S/C16H20N2O/c1-2-18(12-14-8-9-14)16(19)15(11-17)10-13-6-4-3-5-7-13/h3-7,14-15H,2,8-10,12H2,1H3. The van der Waals surface area contributed by atoms with Crippen LogP contribution in [0.4, 0.5) is 0 Å². The largest absolute Gasteiger partial charge is 0.342 e. The van der Waals surface area contributed by atoms with Crippen LogP contribution in [0.15, 0.2) is 30.3 Å². The SMILES string of the molecule is CCN(CC1CC1)C(=O)C(C#N)Cc1ccccc1. The first kappa shape index (κ1) is 13.6. The lowest BCUT2D eigenvalue weighted by Crippen LogP contribution is -2.37. The van der Waals surface area contributed by atoms with E-state index in [-0.39, 0.29) is 5.91 Å². The van der Waals surface area contributed by atoms with E-state index in [0.29, 0.717) is 18.9 Å². The normalized spacial score (nSPS) is 15.6. The number of amides is 1. The Balaban J connectivity index is 1.99. The number of nitriles is 1. The van der Waals surface area contributed by atoms with Gasteiger partial charge in [0.05, 0.1) is 6.07 Å². The van der Waals surface area contributed by atoms with Gasteiger partial charge >= 0.3 is 0 Å². The van der Waals surface area contributed by atoms with Gasteiger partial charge in [0.25, 0.3) is 0 Å². The first-order valence-corrected chi connectivity index (χ1v) is 6.97. The van der Waals surface area contributed by atoms with Crippen LogP contribution in [0.2, 0.25) is 0 Å². The van der Waals surface area contributed by atoms with E-state index in [1.807, 2.05) is 42.2 Å². The Labute approximate surface area is 114 Å². The molecule has 1 aliphatic rings. The van der Waals surface area contributed by atoms with Crippen LogP contribution in [0.25, 0.3) is 0 Å². The zero-order valence-electron chi connectivity index (χ0n) is 11.4. The van der Waals surface area contributed by atoms with Crippen LogP contribution < -0.4 is 0 Å². The van der Waals surface area contributed by atoms with Crippen molar-refractivity contribution in [1.82, 2.24) is 4.90 Å². The molecule has 0 aromatic heterocycles. The Bertz CT molecular complexity index is 459. The van der Waals surface area contributed by atoms with Gasteiger partial charge in [-0.25, -0.2) is 0 Å². The van der Waals surface area contributed by atoms with Gasteiger partial charge in [-0.3, -0.25) is 4.79 Å². The molecule has 1 atom stereocenters. The Morgan fingerprint density at radius 2 is 2.11 bits per heavy atom. The lowest BCUT2D eigenvalue weighted by molar-refractivity contribution is -0.133. The van der Waals surface area contributed by atoms with E-state index < -0.39 is 5.92 Å². The Morgan fingerprint density at radius 3 is 2.63 bits per heavy atom. The Kier molecular flexibility index (Phi) is 4.57. The molecular weight excluding hydrogens is 236 g/mol. The lowest BCUT2D eigenvalue weighted by atomic mass is 9.99. The quantitative estimate of drug-likeness (QED) is 0.785. The molecule has 3 nitrogen and oxygen atoms in total. The molecule has 1 saturated carbocycles. The van der Waals surface area contributed by atoms with Gasteiger partial charge in [0, 0.05) is 13.1 Å². The molecule has 0 heterocycles. The average Bonchev–Trinajstić information content (AvgIpc) is 3.26. The highest BCUT2D eigenvalue weighted by molar-refractivity contribution is 5.81. The predicted molar refractivity (Wildman–Crippen MR) is 74.2 cm³/mol. The third-order valence-electron chi connectivity index (χ3n) is 3.61. The Morgan fingerprint density at radius 1 is 1.42 bits per heavy atom. The second-order valence-corrected chi connectivity index (χ2v) is 5.19. The maximum atomic E-state index is 12.4. The minimum absolute atomic E-state index is 0.0132. The monoisotopic (exact) mass is 256 g/mol. The van der Waals surface area contributed by atoms with Crippen molar-refractivity contribution in [2.45, 2.75) is 26.2 Å². The summed E-state index contributed by atoms with van der Waals surface area (Å²) >= 11 is 0. The molecule has 19 heavy (non-hydrogen) atoms. The van der Waals surface area contributed by atoms with Crippen molar-refractivity contribution in [1.29, 1.82) is 5.26 Å². The van der Waals surface area contributed by atoms with Gasteiger partial charge in [0.2, 0.25) is 5.91 Å². The van der Waals surface area contributed by atoms with Crippen LogP contribution >= 0.6 is 0 Å². The molecule has 3 heteroatoms. The van der Waals surface area contributed by atoms with Crippen molar-refractivity contribution in [2.24, 2.45) is 11.8 Å². The van der Waals surface area contributed by atoms with Gasteiger partial charge in [0.15, 0.2) is 0 Å². The molecule has 0 saturated heterocycles. The fraction of sp³-hybridized carbons (Fsp3) is 0.500. The van der Waals surface area contributed by atoms with E-state index in [1.165, 1.54) is 12.8 Å². The van der Waals surface area contributed by atoms with Gasteiger partial charge in [0.1, 0.15) is 5.92 Å². The number of nitrogens with zero attached hydrogens (tertiary/aromatic N) is 2. The van der Waals surface area contributed by atoms with Crippen molar-refractivity contribution >= 4 is 5.91 Å². The molecule has 1 unspecified atom stereocenters. The molecule has 1 aromatic carbocycles. The van der Waals surface area contributed by atoms with E-state index in [9.17, 15) is 10.1 Å². The van der Waals surface area contributed by atoms with E-state index in [0.717, 1.165) is 12.1 Å². The molecule has 2 rings (SSSR count). The van der Waals surface area contributed by atoms with Crippen LogP contribution in [0.5, 0.6) is 0 Å². The maximum absolute atomic E-state index is 12.4. The summed E-state index contributed by atoms with van der Waals surface area (Å²) in [6.45, 7) is 3.50. The van der Waals surface area contributed by atoms with Crippen LogP contribution in [0.3, 0.4) is 0 Å². The highest BCUT2D eigenvalue weighted by Crippen LogP contribution is 2.30. The van der Waals surface area contributed by atoms with E-state index >= 15 is 0 Å². The van der Waals surface area contributed by atoms with Gasteiger partial charge in [-0.2, -0.15) is 5.26 Å². The number of carbonyl (C=O) groups is 1. The number of benzene rings is 1. The molecule has 1 fully saturated rings. The number of hydrogen-bond acceptors (Lipinski definition) is 2. The summed E-state index contributed by atoms with van der Waals surface area (Å²) in [5.41, 5.74) is 1.05. The fourth-order valence-corrected chi connectivity index (χ4v) is 2.25. The second kappa shape index (κ2) is 6.38. The van der Waals surface area contributed by atoms with Crippen molar-refractivity contribution in [2.75, 3.05) is 13.1 Å². The topological polar surface area (TPSA) is 44.1 Å². The summed E-state index contributed by atoms with van der Waals surface area (Å²) in [5.74, 6) is 0.0989. The molecule has 1 aliphatic carbocycles. The molecule has 1 amide bonds. The zero-order valence-corrected chi connectivity index (χ0v) is 11.4. The number of rotatable bonds is 6. The number of hydrogen-bond donors (Lipinski definition) is 0. The van der Waals surface area contributed by atoms with Gasteiger partial charge in [-0.05, 0) is 37.7 Å².